The predicted octanol–water partition coefficient (Wildman–Crippen LogP) is 4.45. The first-order valence-electron chi connectivity index (χ1n) is 15.4. The molecule has 234 valence electrons. The zero-order chi connectivity index (χ0) is 31.1. The second-order valence-electron chi connectivity index (χ2n) is 11.9. The van der Waals surface area contributed by atoms with E-state index in [1.165, 1.54) is 4.90 Å². The minimum Gasteiger partial charge on any atom is -0.463 e. The predicted molar refractivity (Wildman–Crippen MR) is 166 cm³/mol. The molecule has 1 aromatic carbocycles. The van der Waals surface area contributed by atoms with Crippen LogP contribution in [0.5, 0.6) is 6.01 Å². The fraction of sp³-hybridized carbons (Fsp3) is 0.424. The molecule has 3 aromatic heterocycles. The van der Waals surface area contributed by atoms with E-state index in [0.717, 1.165) is 55.3 Å². The highest BCUT2D eigenvalue weighted by Gasteiger charge is 2.35. The van der Waals surface area contributed by atoms with Crippen molar-refractivity contribution in [1.29, 1.82) is 0 Å². The van der Waals surface area contributed by atoms with Gasteiger partial charge in [0.25, 0.3) is 5.91 Å². The topological polar surface area (TPSA) is 96.8 Å². The van der Waals surface area contributed by atoms with Crippen LogP contribution in [0, 0.1) is 12.7 Å². The Hall–Kier alpha value is -4.29. The number of likely N-dealkylation sites (tertiary alicyclic amines) is 1. The standard InChI is InChI=1S/C33H35F2N7O3/c1-20-5-3-6-22-16-36-17-25(27(20)22)29-28(35)30-26(18-37-29)31(40-9-11-41(12-10-40)32(43)21(2)34)39-33(38-30)45-13-4-8-42-19-24-15-23(42)7-14-44-24/h3,5-6,16-18,23-24H,2,4,7-15,19H2,1H3/t23-,24+/m1/s1. The summed E-state index contributed by atoms with van der Waals surface area (Å²) in [7, 11) is 0. The Morgan fingerprint density at radius 3 is 2.80 bits per heavy atom. The van der Waals surface area contributed by atoms with Crippen molar-refractivity contribution >= 4 is 33.4 Å². The number of carbonyl (C=O) groups excluding carboxylic acids is 1. The van der Waals surface area contributed by atoms with Crippen LogP contribution >= 0.6 is 0 Å². The summed E-state index contributed by atoms with van der Waals surface area (Å²) in [6.07, 6.45) is 8.17. The van der Waals surface area contributed by atoms with Gasteiger partial charge < -0.3 is 19.3 Å². The lowest BCUT2D eigenvalue weighted by Gasteiger charge is -2.35. The van der Waals surface area contributed by atoms with Gasteiger partial charge in [0.1, 0.15) is 17.0 Å². The maximum Gasteiger partial charge on any atom is 0.319 e. The van der Waals surface area contributed by atoms with Crippen molar-refractivity contribution in [3.63, 3.8) is 0 Å². The zero-order valence-corrected chi connectivity index (χ0v) is 25.2. The zero-order valence-electron chi connectivity index (χ0n) is 25.2. The number of hydrogen-bond donors (Lipinski definition) is 0. The van der Waals surface area contributed by atoms with E-state index in [-0.39, 0.29) is 30.3 Å². The molecule has 3 aliphatic rings. The van der Waals surface area contributed by atoms with Crippen molar-refractivity contribution in [2.75, 3.05) is 57.4 Å². The average Bonchev–Trinajstić information content (AvgIpc) is 3.34. The number of rotatable bonds is 8. The second-order valence-corrected chi connectivity index (χ2v) is 11.9. The maximum absolute atomic E-state index is 16.5. The number of carbonyl (C=O) groups is 1. The van der Waals surface area contributed by atoms with Crippen molar-refractivity contribution < 1.29 is 23.0 Å². The van der Waals surface area contributed by atoms with E-state index in [1.54, 1.807) is 18.6 Å². The summed E-state index contributed by atoms with van der Waals surface area (Å²) >= 11 is 0. The molecule has 3 aliphatic heterocycles. The molecular weight excluding hydrogens is 580 g/mol. The third-order valence-corrected chi connectivity index (χ3v) is 9.10. The van der Waals surface area contributed by atoms with Crippen molar-refractivity contribution in [3.8, 4) is 17.3 Å². The lowest BCUT2D eigenvalue weighted by atomic mass is 10.00. The van der Waals surface area contributed by atoms with Gasteiger partial charge in [0.2, 0.25) is 0 Å². The summed E-state index contributed by atoms with van der Waals surface area (Å²) in [5.74, 6) is -1.85. The van der Waals surface area contributed by atoms with Crippen LogP contribution in [0.2, 0.25) is 0 Å². The first kappa shape index (κ1) is 29.4. The number of fused-ring (bicyclic) bond motifs is 4. The Morgan fingerprint density at radius 1 is 1.16 bits per heavy atom. The van der Waals surface area contributed by atoms with Gasteiger partial charge in [-0.2, -0.15) is 9.97 Å². The fourth-order valence-electron chi connectivity index (χ4n) is 6.84. The van der Waals surface area contributed by atoms with E-state index < -0.39 is 17.6 Å². The molecule has 0 saturated carbocycles. The molecule has 2 bridgehead atoms. The van der Waals surface area contributed by atoms with Crippen LogP contribution < -0.4 is 9.64 Å². The van der Waals surface area contributed by atoms with Crippen molar-refractivity contribution in [3.05, 3.63) is 60.6 Å². The van der Waals surface area contributed by atoms with Crippen molar-refractivity contribution in [1.82, 2.24) is 29.7 Å². The van der Waals surface area contributed by atoms with Gasteiger partial charge in [-0.05, 0) is 37.1 Å². The number of hydrogen-bond acceptors (Lipinski definition) is 9. The highest BCUT2D eigenvalue weighted by atomic mass is 19.1. The van der Waals surface area contributed by atoms with Gasteiger partial charge in [0, 0.05) is 81.5 Å². The molecule has 3 saturated heterocycles. The van der Waals surface area contributed by atoms with E-state index >= 15 is 4.39 Å². The van der Waals surface area contributed by atoms with Crippen molar-refractivity contribution in [2.45, 2.75) is 38.3 Å². The number of amides is 1. The summed E-state index contributed by atoms with van der Waals surface area (Å²) < 4.78 is 41.9. The van der Waals surface area contributed by atoms with Crippen molar-refractivity contribution in [2.24, 2.45) is 0 Å². The van der Waals surface area contributed by atoms with Gasteiger partial charge in [-0.15, -0.1) is 0 Å². The summed E-state index contributed by atoms with van der Waals surface area (Å²) in [5.41, 5.74) is 1.79. The maximum atomic E-state index is 16.5. The van der Waals surface area contributed by atoms with Crippen LogP contribution in [0.15, 0.2) is 49.2 Å². The first-order valence-corrected chi connectivity index (χ1v) is 15.4. The second kappa shape index (κ2) is 12.2. The normalized spacial score (nSPS) is 20.2. The Balaban J connectivity index is 1.20. The molecule has 0 aliphatic carbocycles. The Labute approximate surface area is 259 Å². The number of anilines is 1. The van der Waals surface area contributed by atoms with Gasteiger partial charge in [0.05, 0.1) is 18.1 Å². The van der Waals surface area contributed by atoms with E-state index in [0.29, 0.717) is 48.6 Å². The number of aromatic nitrogens is 4. The van der Waals surface area contributed by atoms with Crippen LogP contribution in [-0.2, 0) is 9.53 Å². The highest BCUT2D eigenvalue weighted by molar-refractivity contribution is 6.00. The molecule has 7 rings (SSSR count). The lowest BCUT2D eigenvalue weighted by Crippen LogP contribution is -2.49. The summed E-state index contributed by atoms with van der Waals surface area (Å²) in [6.45, 7) is 9.35. The minimum atomic E-state index is -0.992. The van der Waals surface area contributed by atoms with Crippen LogP contribution in [0.3, 0.4) is 0 Å². The van der Waals surface area contributed by atoms with Gasteiger partial charge in [-0.3, -0.25) is 19.7 Å². The van der Waals surface area contributed by atoms with E-state index in [9.17, 15) is 9.18 Å². The van der Waals surface area contributed by atoms with Gasteiger partial charge >= 0.3 is 6.01 Å². The van der Waals surface area contributed by atoms with Gasteiger partial charge in [-0.25, -0.2) is 8.78 Å². The number of aryl methyl sites for hydroxylation is 1. The molecule has 2 atom stereocenters. The number of nitrogens with zero attached hydrogens (tertiary/aromatic N) is 7. The molecule has 6 heterocycles. The number of halogens is 2. The van der Waals surface area contributed by atoms with Gasteiger partial charge in [-0.1, -0.05) is 24.8 Å². The number of pyridine rings is 2. The van der Waals surface area contributed by atoms with E-state index in [2.05, 4.69) is 26.4 Å². The molecular formula is C33H35F2N7O3. The lowest BCUT2D eigenvalue weighted by molar-refractivity contribution is -0.128. The number of benzene rings is 1. The highest BCUT2D eigenvalue weighted by Crippen LogP contribution is 2.36. The molecule has 10 nitrogen and oxygen atoms in total. The molecule has 4 aromatic rings. The SMILES string of the molecule is C=C(F)C(=O)N1CCN(c2nc(OCCCN3C[C@@H]4C[C@H]3CCO4)nc3c(F)c(-c4cncc5cccc(C)c45)ncc23)CC1. The number of ether oxygens (including phenoxy) is 2. The Bertz CT molecular complexity index is 1770. The quantitative estimate of drug-likeness (QED) is 0.210. The third-order valence-electron chi connectivity index (χ3n) is 9.10. The monoisotopic (exact) mass is 615 g/mol. The fourth-order valence-corrected chi connectivity index (χ4v) is 6.84. The smallest absolute Gasteiger partial charge is 0.319 e. The molecule has 0 unspecified atom stereocenters. The Kier molecular flexibility index (Phi) is 8.01. The van der Waals surface area contributed by atoms with Crippen LogP contribution in [-0.4, -0.2) is 100 Å². The van der Waals surface area contributed by atoms with Crippen LogP contribution in [0.4, 0.5) is 14.6 Å². The molecule has 0 spiro atoms. The molecule has 0 N–H and O–H groups in total. The first-order chi connectivity index (χ1) is 21.9. The average molecular weight is 616 g/mol. The molecule has 45 heavy (non-hydrogen) atoms. The summed E-state index contributed by atoms with van der Waals surface area (Å²) in [6, 6.07) is 6.48. The number of piperazine rings is 1. The minimum absolute atomic E-state index is 0.0694. The third kappa shape index (κ3) is 5.68. The van der Waals surface area contributed by atoms with E-state index in [4.69, 9.17) is 14.5 Å². The van der Waals surface area contributed by atoms with Crippen LogP contribution in [0.1, 0.15) is 24.8 Å². The van der Waals surface area contributed by atoms with Gasteiger partial charge in [0.15, 0.2) is 11.6 Å². The summed E-state index contributed by atoms with van der Waals surface area (Å²) in [4.78, 5) is 36.1. The molecule has 0 radical (unpaired) electrons. The molecule has 3 fully saturated rings. The summed E-state index contributed by atoms with van der Waals surface area (Å²) in [5, 5.41) is 2.18. The van der Waals surface area contributed by atoms with Crippen LogP contribution in [0.25, 0.3) is 32.9 Å². The molecule has 1 amide bonds. The largest absolute Gasteiger partial charge is 0.463 e. The molecule has 12 heteroatoms. The Morgan fingerprint density at radius 2 is 2.00 bits per heavy atom. The van der Waals surface area contributed by atoms with E-state index in [1.807, 2.05) is 30.0 Å².